The van der Waals surface area contributed by atoms with Gasteiger partial charge in [0, 0.05) is 12.2 Å². The van der Waals surface area contributed by atoms with Crippen LogP contribution in [0.1, 0.15) is 36.8 Å². The molecule has 0 aliphatic carbocycles. The minimum absolute atomic E-state index is 0.0371. The molecule has 4 rings (SSSR count). The van der Waals surface area contributed by atoms with Gasteiger partial charge in [-0.05, 0) is 54.2 Å². The molecule has 2 atom stereocenters. The van der Waals surface area contributed by atoms with E-state index in [1.165, 1.54) is 21.9 Å². The Labute approximate surface area is 178 Å². The summed E-state index contributed by atoms with van der Waals surface area (Å²) in [6.07, 6.45) is 1.93. The van der Waals surface area contributed by atoms with Gasteiger partial charge in [0.1, 0.15) is 0 Å². The van der Waals surface area contributed by atoms with Gasteiger partial charge in [0.25, 0.3) is 0 Å². The number of aryl methyl sites for hydroxylation is 1. The lowest BCUT2D eigenvalue weighted by Gasteiger charge is -2.36. The Morgan fingerprint density at radius 3 is 2.70 bits per heavy atom. The number of fused-ring (bicyclic) bond motifs is 1. The molecule has 1 fully saturated rings. The molecule has 2 amide bonds. The maximum Gasteiger partial charge on any atom is 0.322 e. The fourth-order valence-corrected chi connectivity index (χ4v) is 4.27. The van der Waals surface area contributed by atoms with Crippen LogP contribution in [-0.2, 0) is 4.74 Å². The number of nitrogens with zero attached hydrogens (tertiary/aromatic N) is 1. The number of nitrogens with one attached hydrogen (secondary N) is 1. The van der Waals surface area contributed by atoms with E-state index in [0.717, 1.165) is 18.5 Å². The fourth-order valence-electron chi connectivity index (χ4n) is 4.27. The first-order valence-electron chi connectivity index (χ1n) is 10.8. The Bertz CT molecular complexity index is 994. The number of morpholine rings is 1. The number of amides is 2. The zero-order chi connectivity index (χ0) is 20.9. The molecular formula is C26H30N2O2. The number of ether oxygens (including phenoxy) is 1. The molecule has 1 unspecified atom stereocenters. The topological polar surface area (TPSA) is 41.6 Å². The zero-order valence-corrected chi connectivity index (χ0v) is 17.8. The monoisotopic (exact) mass is 402 g/mol. The molecule has 0 aromatic heterocycles. The molecule has 1 aliphatic heterocycles. The van der Waals surface area contributed by atoms with Crippen molar-refractivity contribution in [3.63, 3.8) is 0 Å². The molecule has 156 valence electrons. The lowest BCUT2D eigenvalue weighted by molar-refractivity contribution is 0.0115. The third-order valence-electron chi connectivity index (χ3n) is 6.08. The maximum atomic E-state index is 12.9. The Balaban J connectivity index is 1.41. The van der Waals surface area contributed by atoms with Crippen LogP contribution >= 0.6 is 0 Å². The number of benzene rings is 3. The largest absolute Gasteiger partial charge is 0.377 e. The number of hydrogen-bond acceptors (Lipinski definition) is 2. The SMILES string of the molecule is Cc1ccc(NC(=O)N2CCOCC2CC[C@H](C)c2cccc3ccccc23)cc1. The summed E-state index contributed by atoms with van der Waals surface area (Å²) in [5, 5.41) is 5.64. The van der Waals surface area contributed by atoms with Gasteiger partial charge in [-0.15, -0.1) is 0 Å². The molecule has 0 bridgehead atoms. The molecule has 0 radical (unpaired) electrons. The van der Waals surface area contributed by atoms with E-state index in [4.69, 9.17) is 4.74 Å². The van der Waals surface area contributed by atoms with E-state index in [2.05, 4.69) is 54.7 Å². The van der Waals surface area contributed by atoms with Crippen molar-refractivity contribution in [2.45, 2.75) is 38.6 Å². The van der Waals surface area contributed by atoms with Crippen LogP contribution in [0.5, 0.6) is 0 Å². The minimum Gasteiger partial charge on any atom is -0.377 e. The van der Waals surface area contributed by atoms with Crippen LogP contribution in [-0.4, -0.2) is 36.7 Å². The second-order valence-corrected chi connectivity index (χ2v) is 8.27. The van der Waals surface area contributed by atoms with Gasteiger partial charge in [-0.2, -0.15) is 0 Å². The summed E-state index contributed by atoms with van der Waals surface area (Å²) in [4.78, 5) is 14.9. The molecule has 3 aromatic carbocycles. The van der Waals surface area contributed by atoms with E-state index in [-0.39, 0.29) is 12.1 Å². The fraction of sp³-hybridized carbons (Fsp3) is 0.346. The van der Waals surface area contributed by atoms with E-state index in [9.17, 15) is 4.79 Å². The summed E-state index contributed by atoms with van der Waals surface area (Å²) in [7, 11) is 0. The summed E-state index contributed by atoms with van der Waals surface area (Å²) >= 11 is 0. The summed E-state index contributed by atoms with van der Waals surface area (Å²) in [6.45, 7) is 6.15. The molecule has 1 N–H and O–H groups in total. The van der Waals surface area contributed by atoms with Crippen LogP contribution < -0.4 is 5.32 Å². The van der Waals surface area contributed by atoms with Gasteiger partial charge >= 0.3 is 6.03 Å². The highest BCUT2D eigenvalue weighted by Gasteiger charge is 2.28. The molecule has 0 spiro atoms. The Kier molecular flexibility index (Phi) is 6.34. The molecule has 0 saturated carbocycles. The van der Waals surface area contributed by atoms with Crippen molar-refractivity contribution < 1.29 is 9.53 Å². The van der Waals surface area contributed by atoms with Crippen LogP contribution in [0.4, 0.5) is 10.5 Å². The van der Waals surface area contributed by atoms with E-state index in [0.29, 0.717) is 25.7 Å². The lowest BCUT2D eigenvalue weighted by Crippen LogP contribution is -2.50. The van der Waals surface area contributed by atoms with Gasteiger partial charge in [-0.25, -0.2) is 4.79 Å². The highest BCUT2D eigenvalue weighted by Crippen LogP contribution is 2.30. The van der Waals surface area contributed by atoms with E-state index >= 15 is 0 Å². The quantitative estimate of drug-likeness (QED) is 0.572. The lowest BCUT2D eigenvalue weighted by atomic mass is 9.90. The molecule has 4 nitrogen and oxygen atoms in total. The zero-order valence-electron chi connectivity index (χ0n) is 17.8. The summed E-state index contributed by atoms with van der Waals surface area (Å²) in [5.41, 5.74) is 3.39. The van der Waals surface area contributed by atoms with Crippen LogP contribution in [0.3, 0.4) is 0 Å². The second-order valence-electron chi connectivity index (χ2n) is 8.27. The van der Waals surface area contributed by atoms with Crippen molar-refractivity contribution in [1.82, 2.24) is 4.90 Å². The molecule has 1 saturated heterocycles. The summed E-state index contributed by atoms with van der Waals surface area (Å²) < 4.78 is 5.72. The van der Waals surface area contributed by atoms with Gasteiger partial charge in [-0.1, -0.05) is 67.1 Å². The van der Waals surface area contributed by atoms with E-state index < -0.39 is 0 Å². The number of rotatable bonds is 5. The van der Waals surface area contributed by atoms with Crippen LogP contribution in [0.15, 0.2) is 66.7 Å². The first kappa shape index (κ1) is 20.4. The number of urea groups is 1. The van der Waals surface area contributed by atoms with Crippen LogP contribution in [0, 0.1) is 6.92 Å². The van der Waals surface area contributed by atoms with Crippen LogP contribution in [0.2, 0.25) is 0 Å². The average Bonchev–Trinajstić information content (AvgIpc) is 2.78. The van der Waals surface area contributed by atoms with Crippen molar-refractivity contribution in [3.05, 3.63) is 77.9 Å². The third-order valence-corrected chi connectivity index (χ3v) is 6.08. The van der Waals surface area contributed by atoms with Crippen molar-refractivity contribution >= 4 is 22.5 Å². The van der Waals surface area contributed by atoms with Crippen molar-refractivity contribution in [3.8, 4) is 0 Å². The van der Waals surface area contributed by atoms with Gasteiger partial charge in [0.2, 0.25) is 0 Å². The molecular weight excluding hydrogens is 372 g/mol. The Morgan fingerprint density at radius 2 is 1.87 bits per heavy atom. The first-order chi connectivity index (χ1) is 14.6. The number of carbonyl (C=O) groups is 1. The van der Waals surface area contributed by atoms with Crippen LogP contribution in [0.25, 0.3) is 10.8 Å². The molecule has 3 aromatic rings. The summed E-state index contributed by atoms with van der Waals surface area (Å²) in [5.74, 6) is 0.417. The smallest absolute Gasteiger partial charge is 0.322 e. The van der Waals surface area contributed by atoms with Gasteiger partial charge in [0.15, 0.2) is 0 Å². The molecule has 1 heterocycles. The number of hydrogen-bond donors (Lipinski definition) is 1. The average molecular weight is 403 g/mol. The Hall–Kier alpha value is -2.85. The van der Waals surface area contributed by atoms with E-state index in [1.54, 1.807) is 0 Å². The highest BCUT2D eigenvalue weighted by molar-refractivity contribution is 5.89. The van der Waals surface area contributed by atoms with E-state index in [1.807, 2.05) is 36.1 Å². The van der Waals surface area contributed by atoms with Gasteiger partial charge in [-0.3, -0.25) is 0 Å². The summed E-state index contributed by atoms with van der Waals surface area (Å²) in [6, 6.07) is 23.1. The Morgan fingerprint density at radius 1 is 1.10 bits per heavy atom. The second kappa shape index (κ2) is 9.31. The normalized spacial score (nSPS) is 17.7. The highest BCUT2D eigenvalue weighted by atomic mass is 16.5. The van der Waals surface area contributed by atoms with Crippen molar-refractivity contribution in [2.24, 2.45) is 0 Å². The minimum atomic E-state index is -0.0371. The van der Waals surface area contributed by atoms with Crippen molar-refractivity contribution in [2.75, 3.05) is 25.1 Å². The third kappa shape index (κ3) is 4.65. The molecule has 4 heteroatoms. The van der Waals surface area contributed by atoms with Crippen molar-refractivity contribution in [1.29, 1.82) is 0 Å². The van der Waals surface area contributed by atoms with Gasteiger partial charge in [0.05, 0.1) is 19.3 Å². The number of carbonyl (C=O) groups excluding carboxylic acids is 1. The maximum absolute atomic E-state index is 12.9. The van der Waals surface area contributed by atoms with Gasteiger partial charge < -0.3 is 15.0 Å². The molecule has 1 aliphatic rings. The molecule has 30 heavy (non-hydrogen) atoms. The predicted octanol–water partition coefficient (Wildman–Crippen LogP) is 5.96. The standard InChI is InChI=1S/C26H30N2O2/c1-19-10-13-22(14-11-19)27-26(29)28-16-17-30-18-23(28)15-12-20(2)24-9-5-7-21-6-3-4-8-25(21)24/h3-11,13-14,20,23H,12,15-18H2,1-2H3,(H,27,29)/t20-,23?/m0/s1. The predicted molar refractivity (Wildman–Crippen MR) is 123 cm³/mol. The number of anilines is 1. The first-order valence-corrected chi connectivity index (χ1v) is 10.8.